The normalized spacial score (nSPS) is 28.3. The third kappa shape index (κ3) is 1.98. The minimum Gasteiger partial charge on any atom is -0.472 e. The largest absolute Gasteiger partial charge is 0.472 e. The fourth-order valence-electron chi connectivity index (χ4n) is 3.72. The standard InChI is InChI=1S/C15H22N2O2/c1-14(11-15(14)4-6-16-7-5-15)13(18)17(2)9-12-3-8-19-10-12/h3,8,10,16H,4-7,9,11H2,1-2H3. The van der Waals surface area contributed by atoms with Crippen LogP contribution in [0.1, 0.15) is 31.7 Å². The van der Waals surface area contributed by atoms with Crippen molar-refractivity contribution in [1.82, 2.24) is 10.2 Å². The summed E-state index contributed by atoms with van der Waals surface area (Å²) in [6.45, 7) is 4.88. The highest BCUT2D eigenvalue weighted by atomic mass is 16.3. The first-order valence-electron chi connectivity index (χ1n) is 7.05. The van der Waals surface area contributed by atoms with Crippen LogP contribution in [0.2, 0.25) is 0 Å². The Kier molecular flexibility index (Phi) is 2.93. The van der Waals surface area contributed by atoms with E-state index < -0.39 is 0 Å². The maximum Gasteiger partial charge on any atom is 0.229 e. The third-order valence-electron chi connectivity index (χ3n) is 5.12. The third-order valence-corrected chi connectivity index (χ3v) is 5.12. The van der Waals surface area contributed by atoms with E-state index in [4.69, 9.17) is 4.42 Å². The lowest BCUT2D eigenvalue weighted by molar-refractivity contribution is -0.137. The monoisotopic (exact) mass is 262 g/mol. The molecule has 4 nitrogen and oxygen atoms in total. The fraction of sp³-hybridized carbons (Fsp3) is 0.667. The van der Waals surface area contributed by atoms with Gasteiger partial charge in [-0.3, -0.25) is 4.79 Å². The van der Waals surface area contributed by atoms with Gasteiger partial charge in [-0.15, -0.1) is 0 Å². The van der Waals surface area contributed by atoms with Gasteiger partial charge in [0.25, 0.3) is 0 Å². The minimum atomic E-state index is -0.145. The lowest BCUT2D eigenvalue weighted by Gasteiger charge is -2.29. The van der Waals surface area contributed by atoms with E-state index in [0.717, 1.165) is 37.9 Å². The van der Waals surface area contributed by atoms with E-state index in [-0.39, 0.29) is 16.7 Å². The summed E-state index contributed by atoms with van der Waals surface area (Å²) in [4.78, 5) is 14.6. The van der Waals surface area contributed by atoms with Gasteiger partial charge in [0, 0.05) is 19.2 Å². The number of furan rings is 1. The summed E-state index contributed by atoms with van der Waals surface area (Å²) in [5, 5.41) is 3.39. The van der Waals surface area contributed by atoms with E-state index in [9.17, 15) is 4.79 Å². The number of carbonyl (C=O) groups excluding carboxylic acids is 1. The van der Waals surface area contributed by atoms with E-state index in [1.807, 2.05) is 18.0 Å². The molecule has 1 aliphatic carbocycles. The van der Waals surface area contributed by atoms with Crippen molar-refractivity contribution in [2.24, 2.45) is 10.8 Å². The first-order valence-corrected chi connectivity index (χ1v) is 7.05. The zero-order valence-corrected chi connectivity index (χ0v) is 11.7. The van der Waals surface area contributed by atoms with E-state index in [1.165, 1.54) is 0 Å². The van der Waals surface area contributed by atoms with Crippen molar-refractivity contribution in [3.05, 3.63) is 24.2 Å². The van der Waals surface area contributed by atoms with Gasteiger partial charge < -0.3 is 14.6 Å². The molecule has 1 spiro atoms. The maximum absolute atomic E-state index is 12.7. The molecule has 1 N–H and O–H groups in total. The molecule has 1 unspecified atom stereocenters. The van der Waals surface area contributed by atoms with E-state index in [2.05, 4.69) is 12.2 Å². The number of amides is 1. The minimum absolute atomic E-state index is 0.145. The molecule has 1 aromatic heterocycles. The van der Waals surface area contributed by atoms with Gasteiger partial charge in [0.1, 0.15) is 0 Å². The second-order valence-corrected chi connectivity index (χ2v) is 6.33. The molecule has 1 amide bonds. The van der Waals surface area contributed by atoms with Gasteiger partial charge in [0.2, 0.25) is 5.91 Å². The number of nitrogens with zero attached hydrogens (tertiary/aromatic N) is 1. The molecule has 104 valence electrons. The number of hydrogen-bond donors (Lipinski definition) is 1. The Morgan fingerprint density at radius 2 is 2.21 bits per heavy atom. The van der Waals surface area contributed by atoms with Crippen molar-refractivity contribution < 1.29 is 9.21 Å². The quantitative estimate of drug-likeness (QED) is 0.906. The summed E-state index contributed by atoms with van der Waals surface area (Å²) in [7, 11) is 1.90. The van der Waals surface area contributed by atoms with Gasteiger partial charge in [-0.2, -0.15) is 0 Å². The summed E-state index contributed by atoms with van der Waals surface area (Å²) in [5.41, 5.74) is 1.17. The average molecular weight is 262 g/mol. The Balaban J connectivity index is 1.67. The molecular formula is C15H22N2O2. The molecule has 0 radical (unpaired) electrons. The van der Waals surface area contributed by atoms with Crippen LogP contribution in [-0.2, 0) is 11.3 Å². The second kappa shape index (κ2) is 4.37. The van der Waals surface area contributed by atoms with Crippen LogP contribution in [-0.4, -0.2) is 30.9 Å². The first-order chi connectivity index (χ1) is 9.07. The van der Waals surface area contributed by atoms with Crippen LogP contribution in [0.5, 0.6) is 0 Å². The van der Waals surface area contributed by atoms with Crippen LogP contribution in [0, 0.1) is 10.8 Å². The zero-order valence-electron chi connectivity index (χ0n) is 11.7. The topological polar surface area (TPSA) is 45.5 Å². The zero-order chi connectivity index (χ0) is 13.5. The molecule has 2 aliphatic rings. The molecule has 19 heavy (non-hydrogen) atoms. The molecule has 1 aromatic rings. The van der Waals surface area contributed by atoms with E-state index in [0.29, 0.717) is 6.54 Å². The van der Waals surface area contributed by atoms with Crippen LogP contribution in [0.3, 0.4) is 0 Å². The van der Waals surface area contributed by atoms with Crippen LogP contribution >= 0.6 is 0 Å². The molecule has 1 saturated heterocycles. The van der Waals surface area contributed by atoms with Crippen molar-refractivity contribution in [2.45, 2.75) is 32.7 Å². The van der Waals surface area contributed by atoms with Crippen molar-refractivity contribution in [3.8, 4) is 0 Å². The Hall–Kier alpha value is -1.29. The van der Waals surface area contributed by atoms with Crippen molar-refractivity contribution in [3.63, 3.8) is 0 Å². The average Bonchev–Trinajstić information content (AvgIpc) is 2.81. The molecule has 2 heterocycles. The van der Waals surface area contributed by atoms with Gasteiger partial charge in [0.05, 0.1) is 17.9 Å². The molecule has 1 aliphatic heterocycles. The molecule has 1 atom stereocenters. The van der Waals surface area contributed by atoms with Crippen molar-refractivity contribution in [2.75, 3.05) is 20.1 Å². The number of hydrogen-bond acceptors (Lipinski definition) is 3. The highest BCUT2D eigenvalue weighted by molar-refractivity contribution is 5.86. The van der Waals surface area contributed by atoms with E-state index >= 15 is 0 Å². The van der Waals surface area contributed by atoms with Gasteiger partial charge in [-0.1, -0.05) is 6.92 Å². The number of nitrogens with one attached hydrogen (secondary N) is 1. The van der Waals surface area contributed by atoms with Gasteiger partial charge >= 0.3 is 0 Å². The fourth-order valence-corrected chi connectivity index (χ4v) is 3.72. The predicted molar refractivity (Wildman–Crippen MR) is 72.4 cm³/mol. The lowest BCUT2D eigenvalue weighted by atomic mass is 9.85. The van der Waals surface area contributed by atoms with Gasteiger partial charge in [-0.25, -0.2) is 0 Å². The SMILES string of the molecule is CN(Cc1ccoc1)C(=O)C1(C)CC12CCNCC2. The lowest BCUT2D eigenvalue weighted by Crippen LogP contribution is -2.39. The highest BCUT2D eigenvalue weighted by Gasteiger charge is 2.68. The highest BCUT2D eigenvalue weighted by Crippen LogP contribution is 2.68. The maximum atomic E-state index is 12.7. The molecule has 4 heteroatoms. The summed E-state index contributed by atoms with van der Waals surface area (Å²) >= 11 is 0. The molecule has 0 bridgehead atoms. The summed E-state index contributed by atoms with van der Waals surface area (Å²) in [5.74, 6) is 0.288. The first kappa shape index (κ1) is 12.7. The summed E-state index contributed by atoms with van der Waals surface area (Å²) in [6, 6.07) is 1.92. The second-order valence-electron chi connectivity index (χ2n) is 6.33. The Labute approximate surface area is 114 Å². The van der Waals surface area contributed by atoms with E-state index in [1.54, 1.807) is 12.5 Å². The smallest absolute Gasteiger partial charge is 0.229 e. The van der Waals surface area contributed by atoms with Crippen molar-refractivity contribution in [1.29, 1.82) is 0 Å². The van der Waals surface area contributed by atoms with Gasteiger partial charge in [0.15, 0.2) is 0 Å². The van der Waals surface area contributed by atoms with Crippen molar-refractivity contribution >= 4 is 5.91 Å². The Morgan fingerprint density at radius 1 is 1.47 bits per heavy atom. The Morgan fingerprint density at radius 3 is 2.84 bits per heavy atom. The van der Waals surface area contributed by atoms with Crippen LogP contribution in [0.4, 0.5) is 0 Å². The molecule has 1 saturated carbocycles. The van der Waals surface area contributed by atoms with Crippen LogP contribution in [0.25, 0.3) is 0 Å². The van der Waals surface area contributed by atoms with Gasteiger partial charge in [-0.05, 0) is 43.8 Å². The molecule has 3 rings (SSSR count). The number of piperidine rings is 1. The summed E-state index contributed by atoms with van der Waals surface area (Å²) < 4.78 is 5.06. The number of carbonyl (C=O) groups is 1. The number of rotatable bonds is 3. The molecular weight excluding hydrogens is 240 g/mol. The Bertz CT molecular complexity index is 462. The van der Waals surface area contributed by atoms with Crippen LogP contribution in [0.15, 0.2) is 23.0 Å². The molecule has 2 fully saturated rings. The summed E-state index contributed by atoms with van der Waals surface area (Å²) in [6.07, 6.45) is 6.68. The van der Waals surface area contributed by atoms with Crippen LogP contribution < -0.4 is 5.32 Å². The molecule has 0 aromatic carbocycles. The predicted octanol–water partition coefficient (Wildman–Crippen LogP) is 2.02.